The monoisotopic (exact) mass is 278 g/mol. The molecule has 1 aliphatic carbocycles. The van der Waals surface area contributed by atoms with Gasteiger partial charge in [0.2, 0.25) is 0 Å². The van der Waals surface area contributed by atoms with Crippen LogP contribution in [-0.2, 0) is 0 Å². The summed E-state index contributed by atoms with van der Waals surface area (Å²) in [5.41, 5.74) is 6.74. The Morgan fingerprint density at radius 3 is 2.85 bits per heavy atom. The maximum atomic E-state index is 12.1. The lowest BCUT2D eigenvalue weighted by molar-refractivity contribution is 0.0663. The van der Waals surface area contributed by atoms with Gasteiger partial charge in [-0.25, -0.2) is 0 Å². The number of nitrogens with two attached hydrogens (primary N) is 1. The minimum Gasteiger partial charge on any atom is -0.495 e. The molecule has 0 bridgehead atoms. The SMILES string of the molecule is COc1ccc(C(=O)NCC2CCCCC2O)cc1N. The Kier molecular flexibility index (Phi) is 4.84. The van der Waals surface area contributed by atoms with E-state index >= 15 is 0 Å². The summed E-state index contributed by atoms with van der Waals surface area (Å²) < 4.78 is 5.06. The number of nitrogens with one attached hydrogen (secondary N) is 1. The second-order valence-electron chi connectivity index (χ2n) is 5.28. The Bertz CT molecular complexity index is 476. The molecule has 0 aromatic heterocycles. The lowest BCUT2D eigenvalue weighted by Crippen LogP contribution is -2.36. The van der Waals surface area contributed by atoms with Gasteiger partial charge in [0, 0.05) is 18.0 Å². The zero-order valence-electron chi connectivity index (χ0n) is 11.8. The summed E-state index contributed by atoms with van der Waals surface area (Å²) in [6.45, 7) is 0.506. The molecule has 0 spiro atoms. The number of amides is 1. The number of carbonyl (C=O) groups is 1. The van der Waals surface area contributed by atoms with Crippen molar-refractivity contribution in [2.75, 3.05) is 19.4 Å². The van der Waals surface area contributed by atoms with Crippen LogP contribution in [0.5, 0.6) is 5.75 Å². The number of hydrogen-bond donors (Lipinski definition) is 3. The fourth-order valence-electron chi connectivity index (χ4n) is 2.63. The van der Waals surface area contributed by atoms with Gasteiger partial charge in [0.15, 0.2) is 0 Å². The quantitative estimate of drug-likeness (QED) is 0.730. The Hall–Kier alpha value is -1.75. The maximum Gasteiger partial charge on any atom is 0.251 e. The first-order valence-electron chi connectivity index (χ1n) is 7.01. The minimum absolute atomic E-state index is 0.156. The van der Waals surface area contributed by atoms with Gasteiger partial charge in [-0.1, -0.05) is 12.8 Å². The number of anilines is 1. The van der Waals surface area contributed by atoms with Crippen molar-refractivity contribution in [3.05, 3.63) is 23.8 Å². The predicted molar refractivity (Wildman–Crippen MR) is 77.7 cm³/mol. The predicted octanol–water partition coefficient (Wildman–Crippen LogP) is 1.56. The van der Waals surface area contributed by atoms with Crippen molar-refractivity contribution in [1.82, 2.24) is 5.32 Å². The van der Waals surface area contributed by atoms with Crippen molar-refractivity contribution in [1.29, 1.82) is 0 Å². The largest absolute Gasteiger partial charge is 0.495 e. The summed E-state index contributed by atoms with van der Waals surface area (Å²) in [5.74, 6) is 0.546. The third-order valence-corrected chi connectivity index (χ3v) is 3.89. The molecule has 5 heteroatoms. The number of hydrogen-bond acceptors (Lipinski definition) is 4. The summed E-state index contributed by atoms with van der Waals surface area (Å²) in [6.07, 6.45) is 3.68. The average Bonchev–Trinajstić information content (AvgIpc) is 2.46. The number of aliphatic hydroxyl groups is 1. The number of rotatable bonds is 4. The Morgan fingerprint density at radius 1 is 1.45 bits per heavy atom. The summed E-state index contributed by atoms with van der Waals surface area (Å²) in [4.78, 5) is 12.1. The first-order valence-corrected chi connectivity index (χ1v) is 7.01. The highest BCUT2D eigenvalue weighted by Gasteiger charge is 2.23. The van der Waals surface area contributed by atoms with E-state index in [0.29, 0.717) is 23.5 Å². The van der Waals surface area contributed by atoms with Gasteiger partial charge in [0.1, 0.15) is 5.75 Å². The standard InChI is InChI=1S/C15H22N2O3/c1-20-14-7-6-10(8-12(14)16)15(19)17-9-11-4-2-3-5-13(11)18/h6-8,11,13,18H,2-5,9,16H2,1H3,(H,17,19). The van der Waals surface area contributed by atoms with Crippen LogP contribution in [0.3, 0.4) is 0 Å². The second-order valence-corrected chi connectivity index (χ2v) is 5.28. The normalized spacial score (nSPS) is 22.3. The zero-order valence-corrected chi connectivity index (χ0v) is 11.8. The molecule has 0 saturated heterocycles. The molecule has 1 aromatic rings. The second kappa shape index (κ2) is 6.61. The van der Waals surface area contributed by atoms with Gasteiger partial charge in [-0.2, -0.15) is 0 Å². The first-order chi connectivity index (χ1) is 9.61. The molecular formula is C15H22N2O3. The van der Waals surface area contributed by atoms with Crippen LogP contribution in [0.2, 0.25) is 0 Å². The molecular weight excluding hydrogens is 256 g/mol. The summed E-state index contributed by atoms with van der Waals surface area (Å²) in [5, 5.41) is 12.7. The van der Waals surface area contributed by atoms with Crippen LogP contribution in [-0.4, -0.2) is 30.8 Å². The molecule has 1 fully saturated rings. The lowest BCUT2D eigenvalue weighted by atomic mass is 9.86. The summed E-state index contributed by atoms with van der Waals surface area (Å²) in [7, 11) is 1.54. The lowest BCUT2D eigenvalue weighted by Gasteiger charge is -2.27. The van der Waals surface area contributed by atoms with Gasteiger partial charge in [-0.3, -0.25) is 4.79 Å². The van der Waals surface area contributed by atoms with Crippen molar-refractivity contribution < 1.29 is 14.6 Å². The van der Waals surface area contributed by atoms with Crippen LogP contribution >= 0.6 is 0 Å². The van der Waals surface area contributed by atoms with Crippen LogP contribution in [0.1, 0.15) is 36.0 Å². The van der Waals surface area contributed by atoms with E-state index in [1.807, 2.05) is 0 Å². The van der Waals surface area contributed by atoms with E-state index in [1.54, 1.807) is 18.2 Å². The van der Waals surface area contributed by atoms with Crippen molar-refractivity contribution in [3.8, 4) is 5.75 Å². The molecule has 1 saturated carbocycles. The molecule has 1 aliphatic rings. The van der Waals surface area contributed by atoms with Crippen molar-refractivity contribution in [3.63, 3.8) is 0 Å². The Morgan fingerprint density at radius 2 is 2.20 bits per heavy atom. The molecule has 4 N–H and O–H groups in total. The maximum absolute atomic E-state index is 12.1. The first kappa shape index (κ1) is 14.7. The van der Waals surface area contributed by atoms with Gasteiger partial charge >= 0.3 is 0 Å². The molecule has 1 aromatic carbocycles. The number of methoxy groups -OCH3 is 1. The number of benzene rings is 1. The van der Waals surface area contributed by atoms with Crippen LogP contribution in [0.15, 0.2) is 18.2 Å². The molecule has 1 amide bonds. The van der Waals surface area contributed by atoms with E-state index in [0.717, 1.165) is 25.7 Å². The van der Waals surface area contributed by atoms with Gasteiger partial charge in [0.05, 0.1) is 18.9 Å². The number of nitrogen functional groups attached to an aromatic ring is 1. The molecule has 0 heterocycles. The van der Waals surface area contributed by atoms with Crippen molar-refractivity contribution in [2.24, 2.45) is 5.92 Å². The zero-order chi connectivity index (χ0) is 14.5. The average molecular weight is 278 g/mol. The fourth-order valence-corrected chi connectivity index (χ4v) is 2.63. The molecule has 5 nitrogen and oxygen atoms in total. The number of ether oxygens (including phenoxy) is 1. The van der Waals surface area contributed by atoms with Crippen LogP contribution in [0.4, 0.5) is 5.69 Å². The van der Waals surface area contributed by atoms with Crippen molar-refractivity contribution in [2.45, 2.75) is 31.8 Å². The highest BCUT2D eigenvalue weighted by atomic mass is 16.5. The highest BCUT2D eigenvalue weighted by Crippen LogP contribution is 2.24. The molecule has 2 unspecified atom stereocenters. The number of aliphatic hydroxyl groups excluding tert-OH is 1. The van der Waals surface area contributed by atoms with E-state index < -0.39 is 0 Å². The highest BCUT2D eigenvalue weighted by molar-refractivity contribution is 5.95. The number of carbonyl (C=O) groups excluding carboxylic acids is 1. The van der Waals surface area contributed by atoms with Gasteiger partial charge in [-0.15, -0.1) is 0 Å². The smallest absolute Gasteiger partial charge is 0.251 e. The third kappa shape index (κ3) is 3.42. The Labute approximate surface area is 119 Å². The van der Waals surface area contributed by atoms with Crippen LogP contribution in [0, 0.1) is 5.92 Å². The van der Waals surface area contributed by atoms with E-state index in [4.69, 9.17) is 10.5 Å². The molecule has 0 aliphatic heterocycles. The van der Waals surface area contributed by atoms with Crippen LogP contribution < -0.4 is 15.8 Å². The molecule has 20 heavy (non-hydrogen) atoms. The van der Waals surface area contributed by atoms with E-state index in [-0.39, 0.29) is 17.9 Å². The molecule has 110 valence electrons. The molecule has 2 rings (SSSR count). The topological polar surface area (TPSA) is 84.6 Å². The fraction of sp³-hybridized carbons (Fsp3) is 0.533. The molecule has 0 radical (unpaired) electrons. The van der Waals surface area contributed by atoms with Gasteiger partial charge < -0.3 is 20.9 Å². The van der Waals surface area contributed by atoms with Crippen LogP contribution in [0.25, 0.3) is 0 Å². The van der Waals surface area contributed by atoms with Crippen molar-refractivity contribution >= 4 is 11.6 Å². The minimum atomic E-state index is -0.301. The third-order valence-electron chi connectivity index (χ3n) is 3.89. The Balaban J connectivity index is 1.93. The van der Waals surface area contributed by atoms with E-state index in [9.17, 15) is 9.90 Å². The summed E-state index contributed by atoms with van der Waals surface area (Å²) >= 11 is 0. The van der Waals surface area contributed by atoms with Gasteiger partial charge in [-0.05, 0) is 31.0 Å². The van der Waals surface area contributed by atoms with E-state index in [1.165, 1.54) is 7.11 Å². The van der Waals surface area contributed by atoms with E-state index in [2.05, 4.69) is 5.32 Å². The van der Waals surface area contributed by atoms with Gasteiger partial charge in [0.25, 0.3) is 5.91 Å². The molecule has 2 atom stereocenters. The summed E-state index contributed by atoms with van der Waals surface area (Å²) in [6, 6.07) is 4.97.